The van der Waals surface area contributed by atoms with Gasteiger partial charge in [0.25, 0.3) is 0 Å². The SMILES string of the molecule is c1ccc(CC2c3ccccc3-c3c2c2c(c4c5ccccc5n(-c5ccccc5)c34)C(c3ccccc3)Cc3ccccc3-2)cc1. The summed E-state index contributed by atoms with van der Waals surface area (Å²) in [7, 11) is 0. The Labute approximate surface area is 275 Å². The van der Waals surface area contributed by atoms with Gasteiger partial charge in [0.05, 0.1) is 11.0 Å². The Morgan fingerprint density at radius 3 is 1.98 bits per heavy atom. The van der Waals surface area contributed by atoms with Crippen molar-refractivity contribution in [3.8, 4) is 27.9 Å². The molecule has 2 unspecified atom stereocenters. The number of rotatable bonds is 4. The van der Waals surface area contributed by atoms with Crippen LogP contribution in [0.2, 0.25) is 0 Å². The second-order valence-electron chi connectivity index (χ2n) is 13.1. The molecule has 222 valence electrons. The molecule has 2 atom stereocenters. The lowest BCUT2D eigenvalue weighted by Gasteiger charge is -2.33. The van der Waals surface area contributed by atoms with E-state index in [1.165, 1.54) is 83.1 Å². The van der Waals surface area contributed by atoms with Crippen molar-refractivity contribution in [2.75, 3.05) is 0 Å². The highest BCUT2D eigenvalue weighted by molar-refractivity contribution is 6.20. The summed E-state index contributed by atoms with van der Waals surface area (Å²) in [6, 6.07) is 60.9. The smallest absolute Gasteiger partial charge is 0.0626 e. The molecule has 1 heteroatoms. The fourth-order valence-electron chi connectivity index (χ4n) is 8.86. The summed E-state index contributed by atoms with van der Waals surface area (Å²) >= 11 is 0. The van der Waals surface area contributed by atoms with Crippen molar-refractivity contribution < 1.29 is 0 Å². The standard InChI is InChI=1S/C46H33N/c1-4-16-30(17-5-1)28-39-35-24-12-13-25-36(35)44-43(39)41-34-23-11-10-20-32(34)29-38(31-18-6-2-7-19-31)42(41)45-37-26-14-15-27-40(37)47(46(44)45)33-21-8-3-9-22-33/h1-27,38-39H,28-29H2. The van der Waals surface area contributed by atoms with Crippen LogP contribution in [0.15, 0.2) is 164 Å². The normalized spacial score (nSPS) is 16.1. The van der Waals surface area contributed by atoms with Crippen LogP contribution in [0, 0.1) is 0 Å². The summed E-state index contributed by atoms with van der Waals surface area (Å²) in [6.45, 7) is 0. The molecule has 0 N–H and O–H groups in total. The second kappa shape index (κ2) is 10.4. The van der Waals surface area contributed by atoms with E-state index in [0.29, 0.717) is 0 Å². The molecular weight excluding hydrogens is 567 g/mol. The molecule has 7 aromatic carbocycles. The van der Waals surface area contributed by atoms with Gasteiger partial charge < -0.3 is 4.57 Å². The third kappa shape index (κ3) is 3.90. The molecule has 2 aliphatic rings. The van der Waals surface area contributed by atoms with E-state index in [2.05, 4.69) is 168 Å². The van der Waals surface area contributed by atoms with Crippen molar-refractivity contribution >= 4 is 21.8 Å². The zero-order valence-corrected chi connectivity index (χ0v) is 26.1. The molecule has 10 rings (SSSR count). The van der Waals surface area contributed by atoms with Crippen LogP contribution in [0.3, 0.4) is 0 Å². The molecule has 0 saturated carbocycles. The van der Waals surface area contributed by atoms with E-state index < -0.39 is 0 Å². The number of benzene rings is 7. The zero-order valence-electron chi connectivity index (χ0n) is 26.1. The molecular formula is C46H33N. The highest BCUT2D eigenvalue weighted by Gasteiger charge is 2.40. The van der Waals surface area contributed by atoms with Crippen LogP contribution in [-0.2, 0) is 12.8 Å². The Bertz CT molecular complexity index is 2450. The van der Waals surface area contributed by atoms with Crippen LogP contribution < -0.4 is 0 Å². The Hall–Kier alpha value is -5.66. The molecule has 0 radical (unpaired) electrons. The first-order chi connectivity index (χ1) is 23.4. The molecule has 1 aromatic heterocycles. The summed E-state index contributed by atoms with van der Waals surface area (Å²) in [5, 5.41) is 2.73. The van der Waals surface area contributed by atoms with Gasteiger partial charge in [0, 0.05) is 33.9 Å². The Morgan fingerprint density at radius 1 is 0.532 bits per heavy atom. The predicted molar refractivity (Wildman–Crippen MR) is 196 cm³/mol. The quantitative estimate of drug-likeness (QED) is 0.190. The van der Waals surface area contributed by atoms with Gasteiger partial charge in [0.15, 0.2) is 0 Å². The number of hydrogen-bond donors (Lipinski definition) is 0. The van der Waals surface area contributed by atoms with E-state index in [-0.39, 0.29) is 11.8 Å². The number of para-hydroxylation sites is 2. The maximum atomic E-state index is 2.56. The van der Waals surface area contributed by atoms with Gasteiger partial charge in [-0.15, -0.1) is 0 Å². The third-order valence-corrected chi connectivity index (χ3v) is 10.7. The van der Waals surface area contributed by atoms with Crippen molar-refractivity contribution in [3.05, 3.63) is 197 Å². The maximum Gasteiger partial charge on any atom is 0.0626 e. The molecule has 0 fully saturated rings. The highest BCUT2D eigenvalue weighted by atomic mass is 15.0. The van der Waals surface area contributed by atoms with E-state index in [4.69, 9.17) is 0 Å². The molecule has 1 nitrogen and oxygen atoms in total. The van der Waals surface area contributed by atoms with Crippen molar-refractivity contribution in [3.63, 3.8) is 0 Å². The van der Waals surface area contributed by atoms with Crippen LogP contribution in [0.5, 0.6) is 0 Å². The van der Waals surface area contributed by atoms with Crippen molar-refractivity contribution in [1.29, 1.82) is 0 Å². The molecule has 0 bridgehead atoms. The van der Waals surface area contributed by atoms with Crippen LogP contribution in [0.1, 0.15) is 45.2 Å². The summed E-state index contributed by atoms with van der Waals surface area (Å²) in [5.74, 6) is 0.483. The first kappa shape index (κ1) is 26.5. The van der Waals surface area contributed by atoms with Gasteiger partial charge >= 0.3 is 0 Å². The van der Waals surface area contributed by atoms with Crippen LogP contribution >= 0.6 is 0 Å². The molecule has 0 amide bonds. The third-order valence-electron chi connectivity index (χ3n) is 10.7. The van der Waals surface area contributed by atoms with Gasteiger partial charge in [-0.1, -0.05) is 146 Å². The van der Waals surface area contributed by atoms with Crippen molar-refractivity contribution in [2.24, 2.45) is 0 Å². The van der Waals surface area contributed by atoms with Crippen LogP contribution in [0.25, 0.3) is 49.7 Å². The molecule has 8 aromatic rings. The Kier molecular flexibility index (Phi) is 5.90. The van der Waals surface area contributed by atoms with E-state index in [1.54, 1.807) is 0 Å². The number of nitrogens with zero attached hydrogens (tertiary/aromatic N) is 1. The summed E-state index contributed by atoms with van der Waals surface area (Å²) < 4.78 is 2.56. The molecule has 1 heterocycles. The Morgan fingerprint density at radius 2 is 1.17 bits per heavy atom. The molecule has 2 aliphatic carbocycles. The van der Waals surface area contributed by atoms with Gasteiger partial charge in [-0.25, -0.2) is 0 Å². The largest absolute Gasteiger partial charge is 0.309 e. The van der Waals surface area contributed by atoms with Crippen molar-refractivity contribution in [1.82, 2.24) is 4.57 Å². The van der Waals surface area contributed by atoms with E-state index in [0.717, 1.165) is 12.8 Å². The number of aromatic nitrogens is 1. The highest BCUT2D eigenvalue weighted by Crippen LogP contribution is 2.60. The topological polar surface area (TPSA) is 4.93 Å². The average Bonchev–Trinajstić information content (AvgIpc) is 3.65. The zero-order chi connectivity index (χ0) is 30.9. The summed E-state index contributed by atoms with van der Waals surface area (Å²) in [4.78, 5) is 0. The van der Waals surface area contributed by atoms with Gasteiger partial charge in [0.1, 0.15) is 0 Å². The first-order valence-electron chi connectivity index (χ1n) is 16.8. The minimum atomic E-state index is 0.241. The lowest BCUT2D eigenvalue weighted by Crippen LogP contribution is -2.16. The van der Waals surface area contributed by atoms with Gasteiger partial charge in [-0.3, -0.25) is 0 Å². The van der Waals surface area contributed by atoms with Crippen LogP contribution in [0.4, 0.5) is 0 Å². The van der Waals surface area contributed by atoms with Crippen molar-refractivity contribution in [2.45, 2.75) is 24.7 Å². The predicted octanol–water partition coefficient (Wildman–Crippen LogP) is 11.5. The van der Waals surface area contributed by atoms with E-state index in [1.807, 2.05) is 0 Å². The summed E-state index contributed by atoms with van der Waals surface area (Å²) in [6.07, 6.45) is 1.95. The fourth-order valence-corrected chi connectivity index (χ4v) is 8.86. The molecule has 0 spiro atoms. The van der Waals surface area contributed by atoms with Crippen LogP contribution in [-0.4, -0.2) is 4.57 Å². The van der Waals surface area contributed by atoms with E-state index in [9.17, 15) is 0 Å². The Balaban J connectivity index is 1.45. The lowest BCUT2D eigenvalue weighted by atomic mass is 9.70. The number of hydrogen-bond acceptors (Lipinski definition) is 0. The minimum Gasteiger partial charge on any atom is -0.309 e. The first-order valence-corrected chi connectivity index (χ1v) is 16.8. The second-order valence-corrected chi connectivity index (χ2v) is 13.1. The lowest BCUT2D eigenvalue weighted by molar-refractivity contribution is 0.785. The molecule has 0 saturated heterocycles. The molecule has 47 heavy (non-hydrogen) atoms. The summed E-state index contributed by atoms with van der Waals surface area (Å²) in [5.41, 5.74) is 18.1. The maximum absolute atomic E-state index is 2.56. The van der Waals surface area contributed by atoms with Gasteiger partial charge in [-0.2, -0.15) is 0 Å². The van der Waals surface area contributed by atoms with Gasteiger partial charge in [-0.05, 0) is 81.1 Å². The monoisotopic (exact) mass is 599 g/mol. The van der Waals surface area contributed by atoms with Gasteiger partial charge in [0.2, 0.25) is 0 Å². The average molecular weight is 600 g/mol. The minimum absolute atomic E-state index is 0.241. The fraction of sp³-hybridized carbons (Fsp3) is 0.0870. The molecule has 0 aliphatic heterocycles. The van der Waals surface area contributed by atoms with E-state index >= 15 is 0 Å². The number of fused-ring (bicyclic) bond motifs is 12.